The first-order chi connectivity index (χ1) is 13.8. The van der Waals surface area contributed by atoms with Gasteiger partial charge in [-0.05, 0) is 55.3 Å². The van der Waals surface area contributed by atoms with Gasteiger partial charge in [0.2, 0.25) is 0 Å². The second-order valence-corrected chi connectivity index (χ2v) is 8.55. The van der Waals surface area contributed by atoms with Crippen LogP contribution in [-0.2, 0) is 24.3 Å². The fraction of sp³-hybridized carbons (Fsp3) is 0.263. The number of benzene rings is 2. The van der Waals surface area contributed by atoms with Crippen molar-refractivity contribution in [2.24, 2.45) is 0 Å². The Hall–Kier alpha value is -2.78. The van der Waals surface area contributed by atoms with Crippen LogP contribution in [0.2, 0.25) is 5.02 Å². The maximum Gasteiger partial charge on any atom is 0.396 e. The van der Waals surface area contributed by atoms with Crippen molar-refractivity contribution >= 4 is 50.6 Å². The second-order valence-electron chi connectivity index (χ2n) is 6.43. The number of carbonyl (C=O) groups excluding carboxylic acids is 2. The number of ether oxygens (including phenoxy) is 1. The SMILES string of the molecule is COC(=O)C(=O)Nc1cc(S(=O)(=O)Nc2ccc(Cl)cc2)ccc1N1CCCC1. The number of rotatable bonds is 5. The Morgan fingerprint density at radius 3 is 2.34 bits per heavy atom. The van der Waals surface area contributed by atoms with E-state index >= 15 is 0 Å². The molecule has 29 heavy (non-hydrogen) atoms. The van der Waals surface area contributed by atoms with Crippen molar-refractivity contribution in [1.29, 1.82) is 0 Å². The van der Waals surface area contributed by atoms with Gasteiger partial charge in [-0.25, -0.2) is 13.2 Å². The standard InChI is InChI=1S/C19H20ClN3O5S/c1-28-19(25)18(24)21-16-12-15(8-9-17(16)23-10-2-3-11-23)29(26,27)22-14-6-4-13(20)5-7-14/h4-9,12,22H,2-3,10-11H2,1H3,(H,21,24). The van der Waals surface area contributed by atoms with E-state index in [-0.39, 0.29) is 10.6 Å². The van der Waals surface area contributed by atoms with Crippen molar-refractivity contribution in [2.75, 3.05) is 35.1 Å². The molecular weight excluding hydrogens is 418 g/mol. The van der Waals surface area contributed by atoms with Gasteiger partial charge in [-0.15, -0.1) is 0 Å². The van der Waals surface area contributed by atoms with Crippen LogP contribution >= 0.6 is 11.6 Å². The Kier molecular flexibility index (Phi) is 6.29. The van der Waals surface area contributed by atoms with Gasteiger partial charge in [0.1, 0.15) is 0 Å². The number of hydrogen-bond donors (Lipinski definition) is 2. The number of anilines is 3. The molecule has 8 nitrogen and oxygen atoms in total. The van der Waals surface area contributed by atoms with E-state index in [0.717, 1.165) is 33.0 Å². The first-order valence-electron chi connectivity index (χ1n) is 8.87. The first kappa shape index (κ1) is 20.9. The molecule has 2 N–H and O–H groups in total. The minimum absolute atomic E-state index is 0.0597. The van der Waals surface area contributed by atoms with Gasteiger partial charge < -0.3 is 15.0 Å². The molecule has 0 spiro atoms. The highest BCUT2D eigenvalue weighted by molar-refractivity contribution is 7.92. The summed E-state index contributed by atoms with van der Waals surface area (Å²) in [7, 11) is -2.83. The summed E-state index contributed by atoms with van der Waals surface area (Å²) in [6.45, 7) is 1.55. The zero-order valence-electron chi connectivity index (χ0n) is 15.6. The number of nitrogens with zero attached hydrogens (tertiary/aromatic N) is 1. The molecule has 0 saturated carbocycles. The molecule has 1 aliphatic rings. The summed E-state index contributed by atoms with van der Waals surface area (Å²) in [4.78, 5) is 25.5. The zero-order chi connectivity index (χ0) is 21.0. The van der Waals surface area contributed by atoms with Gasteiger partial charge in [0.05, 0.1) is 23.4 Å². The highest BCUT2D eigenvalue weighted by Gasteiger charge is 2.23. The number of nitrogens with one attached hydrogen (secondary N) is 2. The van der Waals surface area contributed by atoms with Crippen molar-refractivity contribution in [1.82, 2.24) is 0 Å². The summed E-state index contributed by atoms with van der Waals surface area (Å²) in [5.74, 6) is -2.04. The molecule has 0 aromatic heterocycles. The van der Waals surface area contributed by atoms with Crippen LogP contribution in [0.3, 0.4) is 0 Å². The Balaban J connectivity index is 1.94. The van der Waals surface area contributed by atoms with Crippen molar-refractivity contribution in [3.05, 3.63) is 47.5 Å². The zero-order valence-corrected chi connectivity index (χ0v) is 17.2. The molecule has 0 atom stereocenters. The minimum atomic E-state index is -3.93. The van der Waals surface area contributed by atoms with Gasteiger partial charge in [-0.1, -0.05) is 11.6 Å². The van der Waals surface area contributed by atoms with E-state index in [0.29, 0.717) is 16.4 Å². The predicted molar refractivity (Wildman–Crippen MR) is 111 cm³/mol. The molecule has 0 aliphatic carbocycles. The molecular formula is C19H20ClN3O5S. The summed E-state index contributed by atoms with van der Waals surface area (Å²) in [5, 5.41) is 2.94. The number of methoxy groups -OCH3 is 1. The van der Waals surface area contributed by atoms with Crippen molar-refractivity contribution in [2.45, 2.75) is 17.7 Å². The summed E-state index contributed by atoms with van der Waals surface area (Å²) in [6.07, 6.45) is 1.98. The average Bonchev–Trinajstić information content (AvgIpc) is 3.23. The number of esters is 1. The van der Waals surface area contributed by atoms with Crippen LogP contribution in [0, 0.1) is 0 Å². The molecule has 1 heterocycles. The lowest BCUT2D eigenvalue weighted by Gasteiger charge is -2.22. The van der Waals surface area contributed by atoms with Crippen LogP contribution in [0.15, 0.2) is 47.4 Å². The summed E-state index contributed by atoms with van der Waals surface area (Å²) < 4.78 is 32.5. The fourth-order valence-corrected chi connectivity index (χ4v) is 4.22. The normalized spacial score (nSPS) is 13.8. The smallest absolute Gasteiger partial charge is 0.396 e. The lowest BCUT2D eigenvalue weighted by molar-refractivity contribution is -0.150. The third-order valence-electron chi connectivity index (χ3n) is 4.44. The van der Waals surface area contributed by atoms with E-state index in [1.807, 2.05) is 4.90 Å². The van der Waals surface area contributed by atoms with Crippen LogP contribution in [0.25, 0.3) is 0 Å². The molecule has 1 amide bonds. The highest BCUT2D eigenvalue weighted by atomic mass is 35.5. The van der Waals surface area contributed by atoms with Crippen molar-refractivity contribution in [3.63, 3.8) is 0 Å². The first-order valence-corrected chi connectivity index (χ1v) is 10.7. The van der Waals surface area contributed by atoms with Gasteiger partial charge in [-0.2, -0.15) is 0 Å². The molecule has 10 heteroatoms. The molecule has 2 aromatic rings. The van der Waals surface area contributed by atoms with Crippen molar-refractivity contribution < 1.29 is 22.7 Å². The second kappa shape index (κ2) is 8.71. The van der Waals surface area contributed by atoms with Gasteiger partial charge in [0, 0.05) is 23.8 Å². The summed E-state index contributed by atoms with van der Waals surface area (Å²) >= 11 is 5.83. The van der Waals surface area contributed by atoms with Gasteiger partial charge in [0.15, 0.2) is 0 Å². The predicted octanol–water partition coefficient (Wildman–Crippen LogP) is 2.85. The van der Waals surface area contributed by atoms with Crippen LogP contribution in [0.1, 0.15) is 12.8 Å². The van der Waals surface area contributed by atoms with Gasteiger partial charge in [-0.3, -0.25) is 9.52 Å². The van der Waals surface area contributed by atoms with Crippen LogP contribution in [0.4, 0.5) is 17.1 Å². The van der Waals surface area contributed by atoms with E-state index in [4.69, 9.17) is 11.6 Å². The van der Waals surface area contributed by atoms with Gasteiger partial charge >= 0.3 is 11.9 Å². The molecule has 2 aromatic carbocycles. The third kappa shape index (κ3) is 4.99. The molecule has 1 saturated heterocycles. The Morgan fingerprint density at radius 1 is 1.07 bits per heavy atom. The molecule has 0 unspecified atom stereocenters. The number of carbonyl (C=O) groups is 2. The third-order valence-corrected chi connectivity index (χ3v) is 6.07. The van der Waals surface area contributed by atoms with Gasteiger partial charge in [0.25, 0.3) is 10.0 Å². The molecule has 154 valence electrons. The lowest BCUT2D eigenvalue weighted by atomic mass is 10.2. The summed E-state index contributed by atoms with van der Waals surface area (Å²) in [5.41, 5.74) is 1.21. The Morgan fingerprint density at radius 2 is 1.72 bits per heavy atom. The molecule has 0 bridgehead atoms. The van der Waals surface area contributed by atoms with E-state index in [1.165, 1.54) is 12.1 Å². The fourth-order valence-electron chi connectivity index (χ4n) is 3.01. The maximum absolute atomic E-state index is 12.8. The van der Waals surface area contributed by atoms with E-state index in [9.17, 15) is 18.0 Å². The monoisotopic (exact) mass is 437 g/mol. The number of sulfonamides is 1. The van der Waals surface area contributed by atoms with E-state index < -0.39 is 21.9 Å². The van der Waals surface area contributed by atoms with Crippen LogP contribution in [0.5, 0.6) is 0 Å². The van der Waals surface area contributed by atoms with Crippen LogP contribution < -0.4 is 14.9 Å². The number of hydrogen-bond acceptors (Lipinski definition) is 6. The lowest BCUT2D eigenvalue weighted by Crippen LogP contribution is -2.26. The highest BCUT2D eigenvalue weighted by Crippen LogP contribution is 2.32. The van der Waals surface area contributed by atoms with E-state index in [2.05, 4.69) is 14.8 Å². The molecule has 0 radical (unpaired) electrons. The average molecular weight is 438 g/mol. The molecule has 1 aliphatic heterocycles. The summed E-state index contributed by atoms with van der Waals surface area (Å²) in [6, 6.07) is 10.6. The molecule has 3 rings (SSSR count). The Bertz CT molecular complexity index is 1020. The number of halogens is 1. The maximum atomic E-state index is 12.8. The topological polar surface area (TPSA) is 105 Å². The van der Waals surface area contributed by atoms with E-state index in [1.54, 1.807) is 30.3 Å². The number of amides is 1. The Labute approximate surface area is 173 Å². The van der Waals surface area contributed by atoms with Crippen molar-refractivity contribution in [3.8, 4) is 0 Å². The van der Waals surface area contributed by atoms with Crippen LogP contribution in [-0.4, -0.2) is 40.5 Å². The largest absolute Gasteiger partial charge is 0.462 e. The quantitative estimate of drug-likeness (QED) is 0.550. The molecule has 1 fully saturated rings. The minimum Gasteiger partial charge on any atom is -0.462 e.